The van der Waals surface area contributed by atoms with Gasteiger partial charge in [-0.1, -0.05) is 312 Å². The van der Waals surface area contributed by atoms with Gasteiger partial charge in [0.05, 0.1) is 25.4 Å². The fraction of sp³-hybridized carbons (Fsp3) is 0.833. The molecule has 0 rings (SSSR count). The molecule has 0 aliphatic carbocycles. The van der Waals surface area contributed by atoms with Gasteiger partial charge in [-0.3, -0.25) is 9.59 Å². The van der Waals surface area contributed by atoms with Crippen LogP contribution < -0.4 is 5.32 Å². The molecule has 0 aliphatic rings. The lowest BCUT2D eigenvalue weighted by molar-refractivity contribution is -0.143. The second kappa shape index (κ2) is 67.1. The molecule has 1 amide bonds. The maximum absolute atomic E-state index is 12.5. The van der Waals surface area contributed by atoms with Crippen molar-refractivity contribution in [3.05, 3.63) is 60.8 Å². The Kier molecular flexibility index (Phi) is 65.0. The molecule has 6 heteroatoms. The second-order valence-corrected chi connectivity index (χ2v) is 23.5. The molecule has 6 nitrogen and oxygen atoms in total. The summed E-state index contributed by atoms with van der Waals surface area (Å²) in [7, 11) is 0. The van der Waals surface area contributed by atoms with Crippen LogP contribution in [0.25, 0.3) is 0 Å². The molecule has 2 unspecified atom stereocenters. The van der Waals surface area contributed by atoms with Crippen LogP contribution in [0.3, 0.4) is 0 Å². The molecule has 0 aliphatic heterocycles. The van der Waals surface area contributed by atoms with Gasteiger partial charge in [0.1, 0.15) is 0 Å². The first-order chi connectivity index (χ1) is 38.5. The van der Waals surface area contributed by atoms with Gasteiger partial charge in [-0.05, 0) is 96.3 Å². The molecule has 0 heterocycles. The third-order valence-electron chi connectivity index (χ3n) is 15.8. The Morgan fingerprint density at radius 2 is 0.641 bits per heavy atom. The lowest BCUT2D eigenvalue weighted by Crippen LogP contribution is -2.45. The zero-order valence-electron chi connectivity index (χ0n) is 52.1. The summed E-state index contributed by atoms with van der Waals surface area (Å²) in [6.07, 6.45) is 88.5. The van der Waals surface area contributed by atoms with Crippen LogP contribution in [-0.2, 0) is 14.3 Å². The Labute approximate surface area is 486 Å². The predicted molar refractivity (Wildman–Crippen MR) is 342 cm³/mol. The van der Waals surface area contributed by atoms with E-state index in [1.807, 2.05) is 6.08 Å². The highest BCUT2D eigenvalue weighted by molar-refractivity contribution is 5.76. The number of carbonyl (C=O) groups is 2. The van der Waals surface area contributed by atoms with E-state index in [0.717, 1.165) is 57.8 Å². The van der Waals surface area contributed by atoms with Gasteiger partial charge < -0.3 is 20.3 Å². The van der Waals surface area contributed by atoms with Gasteiger partial charge >= 0.3 is 5.97 Å². The number of ether oxygens (including phenoxy) is 1. The number of rotatable bonds is 64. The number of amides is 1. The molecule has 456 valence electrons. The van der Waals surface area contributed by atoms with Crippen molar-refractivity contribution in [1.29, 1.82) is 0 Å². The molecule has 0 saturated heterocycles. The molecule has 0 saturated carbocycles. The number of hydrogen-bond donors (Lipinski definition) is 3. The van der Waals surface area contributed by atoms with Gasteiger partial charge in [-0.15, -0.1) is 0 Å². The lowest BCUT2D eigenvalue weighted by atomic mass is 10.0. The number of carbonyl (C=O) groups excluding carboxylic acids is 2. The monoisotopic (exact) mass is 1090 g/mol. The van der Waals surface area contributed by atoms with E-state index in [-0.39, 0.29) is 18.5 Å². The number of hydrogen-bond acceptors (Lipinski definition) is 5. The van der Waals surface area contributed by atoms with Crippen LogP contribution in [0.1, 0.15) is 361 Å². The van der Waals surface area contributed by atoms with Crippen LogP contribution in [-0.4, -0.2) is 47.4 Å². The van der Waals surface area contributed by atoms with Crippen LogP contribution in [0.4, 0.5) is 0 Å². The Hall–Kier alpha value is -2.44. The molecule has 0 radical (unpaired) electrons. The standard InChI is InChI=1S/C72H133NO5/c1-3-5-7-9-11-13-15-17-19-21-22-30-33-36-40-44-48-52-56-60-64-70(75)69(68-74)73-71(76)65-61-57-53-49-45-41-37-34-31-28-26-24-23-25-27-29-32-35-39-43-47-51-55-59-63-67-78-72(77)66-62-58-54-50-46-42-38-20-18-16-14-12-10-8-6-4-2/h14,16,20,24-27,38,60,64,69-70,74-75H,3-13,15,17-19,21-23,28-37,39-59,61-63,65-68H2,1-2H3,(H,73,76)/b16-14-,26-24-,27-25-,38-20-,64-60+. The first kappa shape index (κ1) is 75.6. The topological polar surface area (TPSA) is 95.9 Å². The average Bonchev–Trinajstić information content (AvgIpc) is 3.44. The molecule has 78 heavy (non-hydrogen) atoms. The van der Waals surface area contributed by atoms with E-state index in [1.165, 1.54) is 276 Å². The van der Waals surface area contributed by atoms with Crippen LogP contribution in [0.5, 0.6) is 0 Å². The van der Waals surface area contributed by atoms with Gasteiger partial charge in [-0.25, -0.2) is 0 Å². The van der Waals surface area contributed by atoms with Gasteiger partial charge in [0.25, 0.3) is 0 Å². The Morgan fingerprint density at radius 1 is 0.359 bits per heavy atom. The van der Waals surface area contributed by atoms with Crippen LogP contribution >= 0.6 is 0 Å². The molecular formula is C72H133NO5. The molecular weight excluding hydrogens is 959 g/mol. The van der Waals surface area contributed by atoms with E-state index in [2.05, 4.69) is 67.8 Å². The molecule has 0 bridgehead atoms. The Morgan fingerprint density at radius 3 is 0.987 bits per heavy atom. The van der Waals surface area contributed by atoms with Gasteiger partial charge in [0.15, 0.2) is 0 Å². The van der Waals surface area contributed by atoms with Crippen molar-refractivity contribution in [2.24, 2.45) is 0 Å². The summed E-state index contributed by atoms with van der Waals surface area (Å²) < 4.78 is 5.48. The van der Waals surface area contributed by atoms with Crippen molar-refractivity contribution < 1.29 is 24.5 Å². The first-order valence-electron chi connectivity index (χ1n) is 34.6. The summed E-state index contributed by atoms with van der Waals surface area (Å²) in [4.78, 5) is 24.6. The SMILES string of the molecule is CCCCCC/C=C\C/C=C\CCCCCCCC(=O)OCCCCCCCCCCC/C=C\C/C=C\CCCCCCCCCCCC(=O)NC(CO)C(O)/C=C/CCCCCCCCCCCCCCCCCCCC. The third-order valence-corrected chi connectivity index (χ3v) is 15.8. The summed E-state index contributed by atoms with van der Waals surface area (Å²) in [5.41, 5.74) is 0. The average molecular weight is 1090 g/mol. The van der Waals surface area contributed by atoms with Crippen molar-refractivity contribution >= 4 is 11.9 Å². The fourth-order valence-corrected chi connectivity index (χ4v) is 10.5. The van der Waals surface area contributed by atoms with Gasteiger partial charge in [0.2, 0.25) is 5.91 Å². The van der Waals surface area contributed by atoms with E-state index in [4.69, 9.17) is 4.74 Å². The number of allylic oxidation sites excluding steroid dienone is 9. The zero-order valence-corrected chi connectivity index (χ0v) is 52.1. The Bertz CT molecular complexity index is 1350. The molecule has 0 aromatic heterocycles. The molecule has 0 spiro atoms. The minimum Gasteiger partial charge on any atom is -0.466 e. The molecule has 0 aromatic rings. The molecule has 3 N–H and O–H groups in total. The summed E-state index contributed by atoms with van der Waals surface area (Å²) in [6.45, 7) is 4.89. The maximum Gasteiger partial charge on any atom is 0.305 e. The largest absolute Gasteiger partial charge is 0.466 e. The predicted octanol–water partition coefficient (Wildman–Crippen LogP) is 22.3. The molecule has 0 aromatic carbocycles. The molecule has 0 fully saturated rings. The quantitative estimate of drug-likeness (QED) is 0.0320. The van der Waals surface area contributed by atoms with Crippen molar-refractivity contribution in [3.8, 4) is 0 Å². The first-order valence-corrected chi connectivity index (χ1v) is 34.6. The summed E-state index contributed by atoms with van der Waals surface area (Å²) in [5, 5.41) is 23.2. The maximum atomic E-state index is 12.5. The minimum absolute atomic E-state index is 0.00508. The van der Waals surface area contributed by atoms with Crippen LogP contribution in [0.2, 0.25) is 0 Å². The van der Waals surface area contributed by atoms with Crippen LogP contribution in [0.15, 0.2) is 60.8 Å². The van der Waals surface area contributed by atoms with E-state index in [1.54, 1.807) is 6.08 Å². The van der Waals surface area contributed by atoms with Gasteiger partial charge in [-0.2, -0.15) is 0 Å². The number of esters is 1. The van der Waals surface area contributed by atoms with Crippen LogP contribution in [0, 0.1) is 0 Å². The highest BCUT2D eigenvalue weighted by Gasteiger charge is 2.18. The normalized spacial score (nSPS) is 12.9. The summed E-state index contributed by atoms with van der Waals surface area (Å²) in [6, 6.07) is -0.635. The number of nitrogens with one attached hydrogen (secondary N) is 1. The van der Waals surface area contributed by atoms with Crippen molar-refractivity contribution in [3.63, 3.8) is 0 Å². The van der Waals surface area contributed by atoms with Gasteiger partial charge in [0, 0.05) is 12.8 Å². The Balaban J connectivity index is 3.47. The number of aliphatic hydroxyl groups is 2. The van der Waals surface area contributed by atoms with Crippen molar-refractivity contribution in [2.75, 3.05) is 13.2 Å². The highest BCUT2D eigenvalue weighted by atomic mass is 16.5. The number of unbranched alkanes of at least 4 members (excludes halogenated alkanes) is 45. The van der Waals surface area contributed by atoms with E-state index >= 15 is 0 Å². The second-order valence-electron chi connectivity index (χ2n) is 23.5. The van der Waals surface area contributed by atoms with Crippen molar-refractivity contribution in [1.82, 2.24) is 5.32 Å². The fourth-order valence-electron chi connectivity index (χ4n) is 10.5. The smallest absolute Gasteiger partial charge is 0.305 e. The summed E-state index contributed by atoms with van der Waals surface area (Å²) in [5.74, 6) is -0.0772. The van der Waals surface area contributed by atoms with Crippen molar-refractivity contribution in [2.45, 2.75) is 373 Å². The summed E-state index contributed by atoms with van der Waals surface area (Å²) >= 11 is 0. The molecule has 2 atom stereocenters. The van der Waals surface area contributed by atoms with E-state index in [9.17, 15) is 19.8 Å². The van der Waals surface area contributed by atoms with E-state index < -0.39 is 12.1 Å². The number of aliphatic hydroxyl groups excluding tert-OH is 2. The lowest BCUT2D eigenvalue weighted by Gasteiger charge is -2.20. The zero-order chi connectivity index (χ0) is 56.4. The highest BCUT2D eigenvalue weighted by Crippen LogP contribution is 2.17. The third kappa shape index (κ3) is 62.8. The van der Waals surface area contributed by atoms with E-state index in [0.29, 0.717) is 19.4 Å². The minimum atomic E-state index is -0.851.